The molecule has 0 aliphatic heterocycles. The Kier molecular flexibility index (Phi) is 6.73. The third-order valence-corrected chi connectivity index (χ3v) is 2.84. The Morgan fingerprint density at radius 3 is 2.40 bits per heavy atom. The molecule has 0 saturated heterocycles. The Labute approximate surface area is 119 Å². The molecule has 0 spiro atoms. The van der Waals surface area contributed by atoms with Crippen LogP contribution in [0.3, 0.4) is 0 Å². The predicted molar refractivity (Wildman–Crippen MR) is 77.0 cm³/mol. The van der Waals surface area contributed by atoms with E-state index in [9.17, 15) is 9.59 Å². The van der Waals surface area contributed by atoms with Crippen LogP contribution in [-0.2, 0) is 20.9 Å². The molecule has 1 amide bonds. The summed E-state index contributed by atoms with van der Waals surface area (Å²) in [6.45, 7) is 5.95. The first-order valence-corrected chi connectivity index (χ1v) is 6.79. The van der Waals surface area contributed by atoms with Crippen LogP contribution in [0.4, 0.5) is 0 Å². The molecule has 20 heavy (non-hydrogen) atoms. The van der Waals surface area contributed by atoms with E-state index < -0.39 is 12.1 Å². The van der Waals surface area contributed by atoms with Gasteiger partial charge in [-0.15, -0.1) is 0 Å². The van der Waals surface area contributed by atoms with Crippen molar-refractivity contribution in [1.29, 1.82) is 0 Å². The number of esters is 1. The molecule has 0 saturated carbocycles. The molecule has 0 heterocycles. The molecule has 0 aliphatic rings. The topological polar surface area (TPSA) is 67.4 Å². The van der Waals surface area contributed by atoms with E-state index in [1.165, 1.54) is 0 Å². The van der Waals surface area contributed by atoms with Gasteiger partial charge in [-0.05, 0) is 26.3 Å². The highest BCUT2D eigenvalue weighted by atomic mass is 16.5. The number of rotatable bonds is 7. The van der Waals surface area contributed by atoms with E-state index in [0.29, 0.717) is 13.2 Å². The van der Waals surface area contributed by atoms with E-state index in [4.69, 9.17) is 4.74 Å². The number of hydrogen-bond donors (Lipinski definition) is 2. The van der Waals surface area contributed by atoms with E-state index >= 15 is 0 Å². The van der Waals surface area contributed by atoms with Gasteiger partial charge in [0.1, 0.15) is 6.04 Å². The van der Waals surface area contributed by atoms with Crippen LogP contribution in [-0.4, -0.2) is 30.6 Å². The molecule has 0 unspecified atom stereocenters. The first kappa shape index (κ1) is 16.2. The van der Waals surface area contributed by atoms with E-state index in [-0.39, 0.29) is 11.9 Å². The fourth-order valence-corrected chi connectivity index (χ4v) is 1.72. The Hall–Kier alpha value is -1.88. The van der Waals surface area contributed by atoms with E-state index in [2.05, 4.69) is 10.6 Å². The largest absolute Gasteiger partial charge is 0.465 e. The van der Waals surface area contributed by atoms with Gasteiger partial charge in [-0.1, -0.05) is 30.3 Å². The molecule has 1 aromatic rings. The van der Waals surface area contributed by atoms with E-state index in [1.807, 2.05) is 30.3 Å². The van der Waals surface area contributed by atoms with Gasteiger partial charge in [-0.3, -0.25) is 14.9 Å². The van der Waals surface area contributed by atoms with E-state index in [0.717, 1.165) is 5.56 Å². The van der Waals surface area contributed by atoms with Gasteiger partial charge in [0.2, 0.25) is 5.91 Å². The molecule has 0 bridgehead atoms. The van der Waals surface area contributed by atoms with Gasteiger partial charge in [0.25, 0.3) is 0 Å². The molecule has 1 aromatic carbocycles. The van der Waals surface area contributed by atoms with Crippen LogP contribution in [0.15, 0.2) is 30.3 Å². The summed E-state index contributed by atoms with van der Waals surface area (Å²) in [6, 6.07) is 8.69. The molecule has 0 radical (unpaired) electrons. The molecule has 5 nitrogen and oxygen atoms in total. The van der Waals surface area contributed by atoms with Crippen molar-refractivity contribution >= 4 is 11.9 Å². The van der Waals surface area contributed by atoms with Gasteiger partial charge >= 0.3 is 5.97 Å². The Morgan fingerprint density at radius 2 is 1.80 bits per heavy atom. The summed E-state index contributed by atoms with van der Waals surface area (Å²) in [5.41, 5.74) is 1.03. The normalized spacial score (nSPS) is 13.3. The standard InChI is InChI=1S/C15H22N2O3/c1-4-20-15(19)12(3)17-11(2)14(18)16-10-13-8-6-5-7-9-13/h5-9,11-12,17H,4,10H2,1-3H3,(H,16,18)/t11-,12+/m1/s1. The molecule has 2 N–H and O–H groups in total. The lowest BCUT2D eigenvalue weighted by Crippen LogP contribution is -2.48. The fourth-order valence-electron chi connectivity index (χ4n) is 1.72. The molecular weight excluding hydrogens is 256 g/mol. The van der Waals surface area contributed by atoms with Gasteiger partial charge in [-0.25, -0.2) is 0 Å². The van der Waals surface area contributed by atoms with Crippen molar-refractivity contribution in [3.8, 4) is 0 Å². The van der Waals surface area contributed by atoms with Crippen LogP contribution in [0, 0.1) is 0 Å². The third-order valence-electron chi connectivity index (χ3n) is 2.84. The minimum absolute atomic E-state index is 0.148. The van der Waals surface area contributed by atoms with Crippen LogP contribution in [0.2, 0.25) is 0 Å². The van der Waals surface area contributed by atoms with Crippen molar-refractivity contribution in [2.45, 2.75) is 39.4 Å². The average Bonchev–Trinajstić information content (AvgIpc) is 2.45. The van der Waals surface area contributed by atoms with Crippen molar-refractivity contribution in [1.82, 2.24) is 10.6 Å². The maximum atomic E-state index is 11.9. The summed E-state index contributed by atoms with van der Waals surface area (Å²) >= 11 is 0. The highest BCUT2D eigenvalue weighted by Gasteiger charge is 2.20. The van der Waals surface area contributed by atoms with Crippen molar-refractivity contribution < 1.29 is 14.3 Å². The quantitative estimate of drug-likeness (QED) is 0.736. The fraction of sp³-hybridized carbons (Fsp3) is 0.467. The summed E-state index contributed by atoms with van der Waals surface area (Å²) in [5, 5.41) is 5.74. The number of benzene rings is 1. The molecular formula is C15H22N2O3. The number of nitrogens with one attached hydrogen (secondary N) is 2. The van der Waals surface area contributed by atoms with Crippen molar-refractivity contribution in [2.75, 3.05) is 6.61 Å². The summed E-state index contributed by atoms with van der Waals surface area (Å²) in [7, 11) is 0. The van der Waals surface area contributed by atoms with Crippen molar-refractivity contribution in [3.05, 3.63) is 35.9 Å². The second-order valence-electron chi connectivity index (χ2n) is 4.57. The zero-order chi connectivity index (χ0) is 15.0. The maximum Gasteiger partial charge on any atom is 0.322 e. The monoisotopic (exact) mass is 278 g/mol. The molecule has 0 aliphatic carbocycles. The number of carbonyl (C=O) groups excluding carboxylic acids is 2. The molecule has 0 fully saturated rings. The highest BCUT2D eigenvalue weighted by Crippen LogP contribution is 1.98. The summed E-state index contributed by atoms with van der Waals surface area (Å²) in [4.78, 5) is 23.4. The van der Waals surface area contributed by atoms with Gasteiger partial charge in [-0.2, -0.15) is 0 Å². The van der Waals surface area contributed by atoms with Gasteiger partial charge in [0.15, 0.2) is 0 Å². The lowest BCUT2D eigenvalue weighted by Gasteiger charge is -2.18. The number of amides is 1. The number of carbonyl (C=O) groups is 2. The van der Waals surface area contributed by atoms with Crippen molar-refractivity contribution in [2.24, 2.45) is 0 Å². The molecule has 1 rings (SSSR count). The first-order chi connectivity index (χ1) is 9.54. The van der Waals surface area contributed by atoms with Crippen LogP contribution >= 0.6 is 0 Å². The molecule has 110 valence electrons. The Balaban J connectivity index is 2.37. The minimum Gasteiger partial charge on any atom is -0.465 e. The lowest BCUT2D eigenvalue weighted by molar-refractivity contribution is -0.145. The van der Waals surface area contributed by atoms with Gasteiger partial charge in [0, 0.05) is 6.54 Å². The molecule has 0 aromatic heterocycles. The highest BCUT2D eigenvalue weighted by molar-refractivity contribution is 5.82. The Morgan fingerprint density at radius 1 is 1.15 bits per heavy atom. The van der Waals surface area contributed by atoms with E-state index in [1.54, 1.807) is 20.8 Å². The summed E-state index contributed by atoms with van der Waals surface area (Å²) in [5.74, 6) is -0.500. The first-order valence-electron chi connectivity index (χ1n) is 6.79. The van der Waals surface area contributed by atoms with Gasteiger partial charge in [0.05, 0.1) is 12.6 Å². The lowest BCUT2D eigenvalue weighted by atomic mass is 10.2. The summed E-state index contributed by atoms with van der Waals surface area (Å²) in [6.07, 6.45) is 0. The number of hydrogen-bond acceptors (Lipinski definition) is 4. The zero-order valence-electron chi connectivity index (χ0n) is 12.2. The SMILES string of the molecule is CCOC(=O)[C@H](C)N[C@H](C)C(=O)NCc1ccccc1. The molecule has 5 heteroatoms. The predicted octanol–water partition coefficient (Wildman–Crippen LogP) is 1.23. The average molecular weight is 278 g/mol. The van der Waals surface area contributed by atoms with Crippen LogP contribution in [0.1, 0.15) is 26.3 Å². The Bertz CT molecular complexity index is 434. The van der Waals surface area contributed by atoms with Crippen molar-refractivity contribution in [3.63, 3.8) is 0 Å². The minimum atomic E-state index is -0.507. The van der Waals surface area contributed by atoms with Crippen LogP contribution < -0.4 is 10.6 Å². The smallest absolute Gasteiger partial charge is 0.322 e. The number of ether oxygens (including phenoxy) is 1. The zero-order valence-corrected chi connectivity index (χ0v) is 12.2. The molecule has 2 atom stereocenters. The van der Waals surface area contributed by atoms with Crippen LogP contribution in [0.25, 0.3) is 0 Å². The maximum absolute atomic E-state index is 11.9. The van der Waals surface area contributed by atoms with Gasteiger partial charge < -0.3 is 10.1 Å². The second kappa shape index (κ2) is 8.32. The summed E-state index contributed by atoms with van der Waals surface area (Å²) < 4.78 is 4.88. The third kappa shape index (κ3) is 5.40. The van der Waals surface area contributed by atoms with Crippen LogP contribution in [0.5, 0.6) is 0 Å². The second-order valence-corrected chi connectivity index (χ2v) is 4.57.